The Morgan fingerprint density at radius 3 is 3.05 bits per heavy atom. The minimum atomic E-state index is 0.584. The molecule has 1 saturated heterocycles. The smallest absolute Gasteiger partial charge is 0.141 e. The molecule has 1 aliphatic heterocycles. The molecule has 1 atom stereocenters. The summed E-state index contributed by atoms with van der Waals surface area (Å²) in [4.78, 5) is 13.8. The second-order valence-electron chi connectivity index (χ2n) is 5.27. The Labute approximate surface area is 122 Å². The van der Waals surface area contributed by atoms with Crippen LogP contribution in [0.4, 0.5) is 5.82 Å². The molecule has 0 amide bonds. The van der Waals surface area contributed by atoms with Gasteiger partial charge >= 0.3 is 0 Å². The summed E-state index contributed by atoms with van der Waals surface area (Å²) in [6, 6.07) is 0. The van der Waals surface area contributed by atoms with E-state index in [1.165, 1.54) is 28.7 Å². The van der Waals surface area contributed by atoms with Gasteiger partial charge in [0.15, 0.2) is 0 Å². The zero-order chi connectivity index (χ0) is 13.4. The van der Waals surface area contributed by atoms with Gasteiger partial charge in [0.2, 0.25) is 0 Å². The molecule has 19 heavy (non-hydrogen) atoms. The summed E-state index contributed by atoms with van der Waals surface area (Å²) >= 11 is 7.79. The first-order valence-corrected chi connectivity index (χ1v) is 8.07. The summed E-state index contributed by atoms with van der Waals surface area (Å²) in [6.07, 6.45) is 4.12. The molecule has 5 heteroatoms. The maximum Gasteiger partial charge on any atom is 0.141 e. The highest BCUT2D eigenvalue weighted by Gasteiger charge is 2.23. The quantitative estimate of drug-likeness (QED) is 0.790. The minimum Gasteiger partial charge on any atom is -0.356 e. The van der Waals surface area contributed by atoms with Gasteiger partial charge in [-0.2, -0.15) is 0 Å². The summed E-state index contributed by atoms with van der Waals surface area (Å²) in [6.45, 7) is 6.42. The van der Waals surface area contributed by atoms with Gasteiger partial charge in [-0.15, -0.1) is 22.9 Å². The number of aromatic nitrogens is 2. The molecule has 0 aliphatic carbocycles. The highest BCUT2D eigenvalue weighted by molar-refractivity contribution is 7.18. The van der Waals surface area contributed by atoms with Gasteiger partial charge in [0.25, 0.3) is 0 Å². The summed E-state index contributed by atoms with van der Waals surface area (Å²) in [7, 11) is 0. The fourth-order valence-electron chi connectivity index (χ4n) is 2.79. The van der Waals surface area contributed by atoms with E-state index in [9.17, 15) is 0 Å². The maximum absolute atomic E-state index is 6.03. The van der Waals surface area contributed by atoms with Crippen molar-refractivity contribution in [3.8, 4) is 0 Å². The van der Waals surface area contributed by atoms with Crippen LogP contribution in [0.25, 0.3) is 10.2 Å². The lowest BCUT2D eigenvalue weighted by atomic mass is 10.00. The van der Waals surface area contributed by atoms with Crippen molar-refractivity contribution in [3.05, 3.63) is 16.8 Å². The van der Waals surface area contributed by atoms with Gasteiger partial charge in [0.1, 0.15) is 17.0 Å². The molecule has 1 fully saturated rings. The van der Waals surface area contributed by atoms with Crippen LogP contribution in [0.5, 0.6) is 0 Å². The third-order valence-corrected chi connectivity index (χ3v) is 5.53. The third-order valence-electron chi connectivity index (χ3n) is 3.98. The first-order chi connectivity index (χ1) is 9.20. The number of anilines is 1. The van der Waals surface area contributed by atoms with Gasteiger partial charge in [-0.3, -0.25) is 0 Å². The van der Waals surface area contributed by atoms with Crippen LogP contribution in [0.15, 0.2) is 6.33 Å². The molecule has 1 unspecified atom stereocenters. The van der Waals surface area contributed by atoms with Crippen molar-refractivity contribution in [3.63, 3.8) is 0 Å². The number of nitrogens with zero attached hydrogens (tertiary/aromatic N) is 3. The van der Waals surface area contributed by atoms with E-state index in [1.54, 1.807) is 17.7 Å². The standard InChI is InChI=1S/C14H18ClN3S/c1-9-10(2)19-14-12(9)13(16-8-17-14)18-5-3-4-11(6-15)7-18/h8,11H,3-7H2,1-2H3. The summed E-state index contributed by atoms with van der Waals surface area (Å²) in [5, 5.41) is 1.24. The molecule has 3 nitrogen and oxygen atoms in total. The molecule has 1 aliphatic rings. The highest BCUT2D eigenvalue weighted by atomic mass is 35.5. The summed E-state index contributed by atoms with van der Waals surface area (Å²) in [5.74, 6) is 2.42. The van der Waals surface area contributed by atoms with Crippen molar-refractivity contribution in [2.75, 3.05) is 23.9 Å². The van der Waals surface area contributed by atoms with Crippen molar-refractivity contribution in [2.24, 2.45) is 5.92 Å². The average Bonchev–Trinajstić information content (AvgIpc) is 2.74. The molecule has 0 N–H and O–H groups in total. The van der Waals surface area contributed by atoms with E-state index in [0.29, 0.717) is 5.92 Å². The van der Waals surface area contributed by atoms with Crippen LogP contribution in [-0.2, 0) is 0 Å². The number of thiophene rings is 1. The number of halogens is 1. The lowest BCUT2D eigenvalue weighted by Gasteiger charge is -2.33. The van der Waals surface area contributed by atoms with Gasteiger partial charge in [-0.05, 0) is 38.2 Å². The topological polar surface area (TPSA) is 29.0 Å². The van der Waals surface area contributed by atoms with Crippen molar-refractivity contribution < 1.29 is 0 Å². The van der Waals surface area contributed by atoms with Crippen LogP contribution in [0.2, 0.25) is 0 Å². The molecular weight excluding hydrogens is 278 g/mol. The zero-order valence-electron chi connectivity index (χ0n) is 11.3. The fourth-order valence-corrected chi connectivity index (χ4v) is 4.03. The number of alkyl halides is 1. The molecule has 102 valence electrons. The van der Waals surface area contributed by atoms with E-state index in [1.807, 2.05) is 0 Å². The lowest BCUT2D eigenvalue weighted by Crippen LogP contribution is -2.36. The van der Waals surface area contributed by atoms with E-state index < -0.39 is 0 Å². The van der Waals surface area contributed by atoms with Gasteiger partial charge < -0.3 is 4.90 Å². The summed E-state index contributed by atoms with van der Waals surface area (Å²) < 4.78 is 0. The predicted molar refractivity (Wildman–Crippen MR) is 82.5 cm³/mol. The zero-order valence-corrected chi connectivity index (χ0v) is 12.9. The normalized spacial score (nSPS) is 20.2. The van der Waals surface area contributed by atoms with Crippen LogP contribution in [0, 0.1) is 19.8 Å². The predicted octanol–water partition coefficient (Wildman–Crippen LogP) is 3.76. The van der Waals surface area contributed by atoms with E-state index >= 15 is 0 Å². The van der Waals surface area contributed by atoms with E-state index in [2.05, 4.69) is 28.7 Å². The Bertz CT molecular complexity index is 596. The van der Waals surface area contributed by atoms with Crippen LogP contribution < -0.4 is 4.90 Å². The first kappa shape index (κ1) is 13.1. The second-order valence-corrected chi connectivity index (χ2v) is 6.78. The second kappa shape index (κ2) is 5.25. The van der Waals surface area contributed by atoms with E-state index in [-0.39, 0.29) is 0 Å². The number of hydrogen-bond acceptors (Lipinski definition) is 4. The van der Waals surface area contributed by atoms with Gasteiger partial charge in [-0.25, -0.2) is 9.97 Å². The SMILES string of the molecule is Cc1sc2ncnc(N3CCCC(CCl)C3)c2c1C. The molecule has 3 heterocycles. The Morgan fingerprint density at radius 2 is 2.26 bits per heavy atom. The molecule has 2 aromatic heterocycles. The molecule has 0 saturated carbocycles. The number of rotatable bonds is 2. The number of fused-ring (bicyclic) bond motifs is 1. The fraction of sp³-hybridized carbons (Fsp3) is 0.571. The monoisotopic (exact) mass is 295 g/mol. The minimum absolute atomic E-state index is 0.584. The van der Waals surface area contributed by atoms with Gasteiger partial charge in [0.05, 0.1) is 5.39 Å². The molecule has 2 aromatic rings. The van der Waals surface area contributed by atoms with Crippen LogP contribution in [0.1, 0.15) is 23.3 Å². The van der Waals surface area contributed by atoms with Crippen molar-refractivity contribution >= 4 is 39.0 Å². The summed E-state index contributed by atoms with van der Waals surface area (Å²) in [5.41, 5.74) is 1.32. The molecule has 0 aromatic carbocycles. The molecule has 0 radical (unpaired) electrons. The Kier molecular flexibility index (Phi) is 3.63. The average molecular weight is 296 g/mol. The largest absolute Gasteiger partial charge is 0.356 e. The Morgan fingerprint density at radius 1 is 1.42 bits per heavy atom. The molecule has 3 rings (SSSR count). The molecular formula is C14H18ClN3S. The number of hydrogen-bond donors (Lipinski definition) is 0. The maximum atomic E-state index is 6.03. The molecule has 0 spiro atoms. The third kappa shape index (κ3) is 2.32. The van der Waals surface area contributed by atoms with E-state index in [4.69, 9.17) is 11.6 Å². The van der Waals surface area contributed by atoms with Crippen LogP contribution >= 0.6 is 22.9 Å². The highest BCUT2D eigenvalue weighted by Crippen LogP contribution is 2.35. The Hall–Kier alpha value is -0.870. The van der Waals surface area contributed by atoms with Crippen molar-refractivity contribution in [2.45, 2.75) is 26.7 Å². The van der Waals surface area contributed by atoms with Crippen LogP contribution in [-0.4, -0.2) is 28.9 Å². The van der Waals surface area contributed by atoms with Crippen LogP contribution in [0.3, 0.4) is 0 Å². The van der Waals surface area contributed by atoms with Crippen molar-refractivity contribution in [1.29, 1.82) is 0 Å². The van der Waals surface area contributed by atoms with E-state index in [0.717, 1.165) is 29.6 Å². The van der Waals surface area contributed by atoms with Gasteiger partial charge in [-0.1, -0.05) is 0 Å². The number of aryl methyl sites for hydroxylation is 2. The van der Waals surface area contributed by atoms with Gasteiger partial charge in [0, 0.05) is 23.8 Å². The first-order valence-electron chi connectivity index (χ1n) is 6.72. The molecule has 0 bridgehead atoms. The van der Waals surface area contributed by atoms with Crippen molar-refractivity contribution in [1.82, 2.24) is 9.97 Å². The Balaban J connectivity index is 2.04. The number of piperidine rings is 1. The lowest BCUT2D eigenvalue weighted by molar-refractivity contribution is 0.449.